The average molecular weight is 320 g/mol. The zero-order valence-electron chi connectivity index (χ0n) is 14.3. The van der Waals surface area contributed by atoms with E-state index in [1.54, 1.807) is 0 Å². The normalized spacial score (nSPS) is 11.0. The molecule has 0 radical (unpaired) electrons. The molecule has 24 heavy (non-hydrogen) atoms. The molecule has 0 unspecified atom stereocenters. The van der Waals surface area contributed by atoms with Gasteiger partial charge in [0.05, 0.1) is 0 Å². The number of carbonyl (C=O) groups excluding carboxylic acids is 1. The van der Waals surface area contributed by atoms with Crippen molar-refractivity contribution in [2.45, 2.75) is 45.4 Å². The molecule has 0 aliphatic heterocycles. The molecule has 0 atom stereocenters. The summed E-state index contributed by atoms with van der Waals surface area (Å²) in [6.45, 7) is 2.19. The van der Waals surface area contributed by atoms with E-state index in [1.807, 2.05) is 24.3 Å². The second-order valence-electron chi connectivity index (χ2n) is 6.31. The molecule has 2 heteroatoms. The Morgan fingerprint density at radius 2 is 1.54 bits per heavy atom. The van der Waals surface area contributed by atoms with Crippen LogP contribution in [0.3, 0.4) is 0 Å². The van der Waals surface area contributed by atoms with E-state index < -0.39 is 0 Å². The molecule has 3 aromatic rings. The van der Waals surface area contributed by atoms with E-state index in [-0.39, 0.29) is 5.97 Å². The molecular formula is C22H24O2. The minimum Gasteiger partial charge on any atom is -0.426 e. The number of rotatable bonds is 7. The number of hydrogen-bond acceptors (Lipinski definition) is 2. The lowest BCUT2D eigenvalue weighted by molar-refractivity contribution is -0.134. The third kappa shape index (κ3) is 3.94. The number of carbonyl (C=O) groups is 1. The van der Waals surface area contributed by atoms with Gasteiger partial charge in [0.25, 0.3) is 0 Å². The summed E-state index contributed by atoms with van der Waals surface area (Å²) in [6.07, 6.45) is 6.16. The van der Waals surface area contributed by atoms with E-state index in [4.69, 9.17) is 4.74 Å². The maximum atomic E-state index is 12.1. The highest BCUT2D eigenvalue weighted by molar-refractivity contribution is 6.01. The average Bonchev–Trinajstić information content (AvgIpc) is 2.60. The van der Waals surface area contributed by atoms with Gasteiger partial charge in [0.15, 0.2) is 0 Å². The topological polar surface area (TPSA) is 26.3 Å². The standard InChI is InChI=1S/C22H24O2/c1-2-3-4-5-6-14-22(23)24-21-13-9-12-19-15-17-10-7-8-11-18(17)16-20(19)21/h7-13,15-16H,2-6,14H2,1H3. The molecular weight excluding hydrogens is 296 g/mol. The van der Waals surface area contributed by atoms with Crippen LogP contribution in [-0.2, 0) is 4.79 Å². The Morgan fingerprint density at radius 3 is 2.33 bits per heavy atom. The van der Waals surface area contributed by atoms with Crippen LogP contribution in [0.2, 0.25) is 0 Å². The number of esters is 1. The number of hydrogen-bond donors (Lipinski definition) is 0. The fourth-order valence-electron chi connectivity index (χ4n) is 3.07. The molecule has 0 saturated carbocycles. The second-order valence-corrected chi connectivity index (χ2v) is 6.31. The van der Waals surface area contributed by atoms with Crippen LogP contribution >= 0.6 is 0 Å². The van der Waals surface area contributed by atoms with Crippen LogP contribution in [0.25, 0.3) is 21.5 Å². The molecule has 0 N–H and O–H groups in total. The summed E-state index contributed by atoms with van der Waals surface area (Å²) in [5.41, 5.74) is 0. The van der Waals surface area contributed by atoms with Crippen LogP contribution < -0.4 is 4.74 Å². The Balaban J connectivity index is 1.74. The summed E-state index contributed by atoms with van der Waals surface area (Å²) in [5, 5.41) is 4.45. The minimum atomic E-state index is -0.132. The number of fused-ring (bicyclic) bond motifs is 2. The van der Waals surface area contributed by atoms with Crippen LogP contribution in [0.4, 0.5) is 0 Å². The van der Waals surface area contributed by atoms with Crippen LogP contribution in [0.15, 0.2) is 54.6 Å². The summed E-state index contributed by atoms with van der Waals surface area (Å²) in [7, 11) is 0. The lowest BCUT2D eigenvalue weighted by Crippen LogP contribution is -2.07. The van der Waals surface area contributed by atoms with Gasteiger partial charge in [0.1, 0.15) is 5.75 Å². The molecule has 0 amide bonds. The van der Waals surface area contributed by atoms with Crippen LogP contribution in [0, 0.1) is 0 Å². The Kier molecular flexibility index (Phi) is 5.47. The number of unbranched alkanes of at least 4 members (excludes halogenated alkanes) is 4. The monoisotopic (exact) mass is 320 g/mol. The first kappa shape index (κ1) is 16.5. The summed E-state index contributed by atoms with van der Waals surface area (Å²) in [6, 6.07) is 18.4. The maximum absolute atomic E-state index is 12.1. The van der Waals surface area contributed by atoms with Crippen molar-refractivity contribution >= 4 is 27.5 Å². The van der Waals surface area contributed by atoms with Crippen LogP contribution in [0.5, 0.6) is 5.75 Å². The number of benzene rings is 3. The highest BCUT2D eigenvalue weighted by Gasteiger charge is 2.09. The zero-order chi connectivity index (χ0) is 16.8. The third-order valence-electron chi connectivity index (χ3n) is 4.41. The molecule has 0 spiro atoms. The first-order valence-electron chi connectivity index (χ1n) is 8.90. The van der Waals surface area contributed by atoms with Crippen molar-refractivity contribution in [1.29, 1.82) is 0 Å². The lowest BCUT2D eigenvalue weighted by atomic mass is 10.0. The molecule has 0 bridgehead atoms. The first-order valence-corrected chi connectivity index (χ1v) is 8.90. The SMILES string of the molecule is CCCCCCCC(=O)Oc1cccc2cc3ccccc3cc12. The van der Waals surface area contributed by atoms with Gasteiger partial charge in [-0.3, -0.25) is 4.79 Å². The Hall–Kier alpha value is -2.35. The van der Waals surface area contributed by atoms with Crippen LogP contribution in [0.1, 0.15) is 45.4 Å². The van der Waals surface area contributed by atoms with Gasteiger partial charge < -0.3 is 4.74 Å². The lowest BCUT2D eigenvalue weighted by Gasteiger charge is -2.09. The first-order chi connectivity index (χ1) is 11.8. The molecule has 0 aliphatic rings. The Bertz CT molecular complexity index is 836. The predicted molar refractivity (Wildman–Crippen MR) is 100 cm³/mol. The van der Waals surface area contributed by atoms with E-state index in [2.05, 4.69) is 37.3 Å². The van der Waals surface area contributed by atoms with E-state index in [0.29, 0.717) is 12.2 Å². The summed E-state index contributed by atoms with van der Waals surface area (Å²) < 4.78 is 5.64. The maximum Gasteiger partial charge on any atom is 0.311 e. The van der Waals surface area contributed by atoms with E-state index in [9.17, 15) is 4.79 Å². The van der Waals surface area contributed by atoms with Crippen molar-refractivity contribution in [3.05, 3.63) is 54.6 Å². The summed E-state index contributed by atoms with van der Waals surface area (Å²) in [4.78, 5) is 12.1. The highest BCUT2D eigenvalue weighted by Crippen LogP contribution is 2.30. The van der Waals surface area contributed by atoms with Gasteiger partial charge in [0.2, 0.25) is 0 Å². The number of ether oxygens (including phenoxy) is 1. The minimum absolute atomic E-state index is 0.132. The van der Waals surface area contributed by atoms with Crippen molar-refractivity contribution in [2.75, 3.05) is 0 Å². The van der Waals surface area contributed by atoms with Crippen molar-refractivity contribution in [2.24, 2.45) is 0 Å². The second kappa shape index (κ2) is 7.96. The molecule has 124 valence electrons. The molecule has 0 heterocycles. The fourth-order valence-corrected chi connectivity index (χ4v) is 3.07. The smallest absolute Gasteiger partial charge is 0.311 e. The summed E-state index contributed by atoms with van der Waals surface area (Å²) in [5.74, 6) is 0.531. The van der Waals surface area contributed by atoms with Gasteiger partial charge >= 0.3 is 5.97 Å². The molecule has 3 aromatic carbocycles. The molecule has 0 aliphatic carbocycles. The van der Waals surface area contributed by atoms with Gasteiger partial charge in [-0.15, -0.1) is 0 Å². The molecule has 0 saturated heterocycles. The van der Waals surface area contributed by atoms with E-state index >= 15 is 0 Å². The fraction of sp³-hybridized carbons (Fsp3) is 0.318. The third-order valence-corrected chi connectivity index (χ3v) is 4.41. The zero-order valence-corrected chi connectivity index (χ0v) is 14.3. The van der Waals surface area contributed by atoms with Gasteiger partial charge in [-0.05, 0) is 40.8 Å². The van der Waals surface area contributed by atoms with Crippen molar-refractivity contribution in [1.82, 2.24) is 0 Å². The van der Waals surface area contributed by atoms with Gasteiger partial charge in [-0.25, -0.2) is 0 Å². The van der Waals surface area contributed by atoms with Crippen molar-refractivity contribution < 1.29 is 9.53 Å². The van der Waals surface area contributed by atoms with Crippen molar-refractivity contribution in [3.63, 3.8) is 0 Å². The molecule has 0 aromatic heterocycles. The largest absolute Gasteiger partial charge is 0.426 e. The van der Waals surface area contributed by atoms with Gasteiger partial charge in [-0.1, -0.05) is 69.0 Å². The van der Waals surface area contributed by atoms with E-state index in [1.165, 1.54) is 24.6 Å². The van der Waals surface area contributed by atoms with Crippen molar-refractivity contribution in [3.8, 4) is 5.75 Å². The molecule has 0 fully saturated rings. The molecule has 3 rings (SSSR count). The highest BCUT2D eigenvalue weighted by atomic mass is 16.5. The quantitative estimate of drug-likeness (QED) is 0.222. The van der Waals surface area contributed by atoms with Gasteiger partial charge in [-0.2, -0.15) is 0 Å². The predicted octanol–water partition coefficient (Wildman–Crippen LogP) is 6.26. The Morgan fingerprint density at radius 1 is 0.833 bits per heavy atom. The van der Waals surface area contributed by atoms with E-state index in [0.717, 1.165) is 29.0 Å². The molecule has 2 nitrogen and oxygen atoms in total. The summed E-state index contributed by atoms with van der Waals surface area (Å²) >= 11 is 0. The van der Waals surface area contributed by atoms with Gasteiger partial charge in [0, 0.05) is 11.8 Å². The Labute approximate surface area is 143 Å². The van der Waals surface area contributed by atoms with Crippen LogP contribution in [-0.4, -0.2) is 5.97 Å².